The third-order valence-corrected chi connectivity index (χ3v) is 4.53. The highest BCUT2D eigenvalue weighted by Gasteiger charge is 2.34. The zero-order valence-corrected chi connectivity index (χ0v) is 13.7. The van der Waals surface area contributed by atoms with Crippen molar-refractivity contribution in [2.45, 2.75) is 25.3 Å². The van der Waals surface area contributed by atoms with E-state index in [0.29, 0.717) is 6.54 Å². The first-order chi connectivity index (χ1) is 11.6. The summed E-state index contributed by atoms with van der Waals surface area (Å²) in [5.41, 5.74) is 1.01. The van der Waals surface area contributed by atoms with Crippen molar-refractivity contribution in [2.75, 3.05) is 26.7 Å². The van der Waals surface area contributed by atoms with E-state index in [0.717, 1.165) is 35.5 Å². The fourth-order valence-electron chi connectivity index (χ4n) is 3.27. The van der Waals surface area contributed by atoms with Crippen LogP contribution >= 0.6 is 0 Å². The second-order valence-corrected chi connectivity index (χ2v) is 6.01. The van der Waals surface area contributed by atoms with Crippen molar-refractivity contribution in [3.8, 4) is 5.75 Å². The number of urea groups is 1. The highest BCUT2D eigenvalue weighted by molar-refractivity contribution is 6.04. The summed E-state index contributed by atoms with van der Waals surface area (Å²) in [5, 5.41) is 2.44. The van der Waals surface area contributed by atoms with E-state index in [4.69, 9.17) is 4.74 Å². The minimum absolute atomic E-state index is 0.0363. The molecule has 0 saturated carbocycles. The summed E-state index contributed by atoms with van der Waals surface area (Å²) >= 11 is 0. The Morgan fingerprint density at radius 1 is 1.33 bits per heavy atom. The molecule has 4 amide bonds. The maximum atomic E-state index is 12.7. The van der Waals surface area contributed by atoms with E-state index in [-0.39, 0.29) is 30.9 Å². The normalized spacial score (nSPS) is 21.0. The van der Waals surface area contributed by atoms with Crippen LogP contribution in [0, 0.1) is 0 Å². The average molecular weight is 331 g/mol. The number of amides is 4. The summed E-state index contributed by atoms with van der Waals surface area (Å²) in [7, 11) is 1.61. The fraction of sp³-hybridized carbons (Fsp3) is 0.471. The molecular weight excluding hydrogens is 310 g/mol. The first kappa shape index (κ1) is 16.3. The fourth-order valence-corrected chi connectivity index (χ4v) is 3.27. The smallest absolute Gasteiger partial charge is 0.325 e. The number of nitrogens with zero attached hydrogens (tertiary/aromatic N) is 2. The molecule has 2 aliphatic rings. The second-order valence-electron chi connectivity index (χ2n) is 6.01. The number of hydrogen-bond donors (Lipinski definition) is 1. The molecule has 0 aliphatic carbocycles. The van der Waals surface area contributed by atoms with Crippen molar-refractivity contribution in [3.05, 3.63) is 29.8 Å². The number of ether oxygens (including phenoxy) is 1. The molecule has 0 bridgehead atoms. The van der Waals surface area contributed by atoms with Crippen LogP contribution in [-0.2, 0) is 9.59 Å². The van der Waals surface area contributed by atoms with E-state index < -0.39 is 6.03 Å². The predicted octanol–water partition coefficient (Wildman–Crippen LogP) is 1.30. The van der Waals surface area contributed by atoms with Gasteiger partial charge >= 0.3 is 6.03 Å². The molecule has 0 radical (unpaired) electrons. The third kappa shape index (κ3) is 3.20. The van der Waals surface area contributed by atoms with E-state index in [1.807, 2.05) is 24.3 Å². The highest BCUT2D eigenvalue weighted by atomic mass is 16.5. The Balaban J connectivity index is 1.77. The Hall–Kier alpha value is -2.57. The van der Waals surface area contributed by atoms with Crippen molar-refractivity contribution in [2.24, 2.45) is 0 Å². The molecule has 0 spiro atoms. The quantitative estimate of drug-likeness (QED) is 0.844. The first-order valence-corrected chi connectivity index (χ1v) is 8.12. The Bertz CT molecular complexity index is 645. The zero-order valence-electron chi connectivity index (χ0n) is 13.7. The predicted molar refractivity (Wildman–Crippen MR) is 86.4 cm³/mol. The van der Waals surface area contributed by atoms with E-state index in [1.165, 1.54) is 0 Å². The maximum absolute atomic E-state index is 12.7. The lowest BCUT2D eigenvalue weighted by atomic mass is 9.95. The lowest BCUT2D eigenvalue weighted by molar-refractivity contribution is -0.139. The van der Waals surface area contributed by atoms with Gasteiger partial charge in [-0.25, -0.2) is 4.79 Å². The Morgan fingerprint density at radius 3 is 2.88 bits per heavy atom. The van der Waals surface area contributed by atoms with E-state index in [9.17, 15) is 14.4 Å². The van der Waals surface area contributed by atoms with Crippen LogP contribution < -0.4 is 10.1 Å². The second kappa shape index (κ2) is 6.90. The first-order valence-electron chi connectivity index (χ1n) is 8.12. The Labute approximate surface area is 140 Å². The molecule has 1 aromatic carbocycles. The molecule has 1 N–H and O–H groups in total. The molecule has 2 saturated heterocycles. The van der Waals surface area contributed by atoms with Crippen molar-refractivity contribution < 1.29 is 19.1 Å². The van der Waals surface area contributed by atoms with Crippen LogP contribution in [-0.4, -0.2) is 54.4 Å². The van der Waals surface area contributed by atoms with E-state index in [2.05, 4.69) is 5.32 Å². The van der Waals surface area contributed by atoms with Gasteiger partial charge < -0.3 is 15.0 Å². The number of benzene rings is 1. The van der Waals surface area contributed by atoms with E-state index in [1.54, 1.807) is 12.0 Å². The lowest BCUT2D eigenvalue weighted by Crippen LogP contribution is -2.46. The van der Waals surface area contributed by atoms with Gasteiger partial charge in [0.1, 0.15) is 12.3 Å². The number of carbonyl (C=O) groups excluding carboxylic acids is 3. The van der Waals surface area contributed by atoms with Gasteiger partial charge in [0.2, 0.25) is 5.91 Å². The van der Waals surface area contributed by atoms with Gasteiger partial charge in [0.25, 0.3) is 5.91 Å². The summed E-state index contributed by atoms with van der Waals surface area (Å²) in [6.07, 6.45) is 2.82. The number of nitrogens with one attached hydrogen (secondary N) is 1. The molecule has 1 atom stereocenters. The van der Waals surface area contributed by atoms with Crippen LogP contribution in [0.2, 0.25) is 0 Å². The molecule has 24 heavy (non-hydrogen) atoms. The Morgan fingerprint density at radius 2 is 2.17 bits per heavy atom. The number of rotatable bonds is 4. The largest absolute Gasteiger partial charge is 0.497 e. The van der Waals surface area contributed by atoms with Crippen molar-refractivity contribution >= 4 is 17.8 Å². The number of methoxy groups -OCH3 is 1. The highest BCUT2D eigenvalue weighted by Crippen LogP contribution is 2.32. The minimum atomic E-state index is -0.497. The van der Waals surface area contributed by atoms with Gasteiger partial charge in [0.05, 0.1) is 19.7 Å². The van der Waals surface area contributed by atoms with Crippen molar-refractivity contribution in [1.29, 1.82) is 0 Å². The molecule has 7 heteroatoms. The number of hydrogen-bond acceptors (Lipinski definition) is 4. The maximum Gasteiger partial charge on any atom is 0.325 e. The van der Waals surface area contributed by atoms with Crippen LogP contribution in [0.15, 0.2) is 24.3 Å². The van der Waals surface area contributed by atoms with Gasteiger partial charge in [-0.2, -0.15) is 0 Å². The molecule has 1 aromatic rings. The van der Waals surface area contributed by atoms with Gasteiger partial charge in [-0.3, -0.25) is 14.5 Å². The summed E-state index contributed by atoms with van der Waals surface area (Å²) in [6.45, 7) is 0.390. The lowest BCUT2D eigenvalue weighted by Gasteiger charge is -2.36. The summed E-state index contributed by atoms with van der Waals surface area (Å²) in [4.78, 5) is 38.8. The van der Waals surface area contributed by atoms with Crippen LogP contribution in [0.25, 0.3) is 0 Å². The number of carbonyl (C=O) groups is 3. The van der Waals surface area contributed by atoms with Gasteiger partial charge in [0.15, 0.2) is 0 Å². The van der Waals surface area contributed by atoms with Crippen molar-refractivity contribution in [1.82, 2.24) is 15.1 Å². The van der Waals surface area contributed by atoms with Crippen LogP contribution in [0.4, 0.5) is 4.79 Å². The molecule has 2 heterocycles. The number of likely N-dealkylation sites (tertiary alicyclic amines) is 1. The summed E-state index contributed by atoms with van der Waals surface area (Å²) < 4.78 is 5.27. The average Bonchev–Trinajstić information content (AvgIpc) is 2.93. The molecule has 2 aliphatic heterocycles. The topological polar surface area (TPSA) is 79.0 Å². The summed E-state index contributed by atoms with van der Waals surface area (Å²) in [5.74, 6) is 0.191. The van der Waals surface area contributed by atoms with Crippen molar-refractivity contribution in [3.63, 3.8) is 0 Å². The van der Waals surface area contributed by atoms with Crippen LogP contribution in [0.1, 0.15) is 30.9 Å². The Kier molecular flexibility index (Phi) is 4.69. The van der Waals surface area contributed by atoms with Gasteiger partial charge in [-0.15, -0.1) is 0 Å². The third-order valence-electron chi connectivity index (χ3n) is 4.53. The van der Waals surface area contributed by atoms with Gasteiger partial charge in [-0.05, 0) is 37.0 Å². The molecule has 0 aromatic heterocycles. The molecular formula is C17H21N3O4. The molecule has 2 fully saturated rings. The van der Waals surface area contributed by atoms with Gasteiger partial charge in [-0.1, -0.05) is 12.1 Å². The monoisotopic (exact) mass is 331 g/mol. The van der Waals surface area contributed by atoms with Gasteiger partial charge in [0, 0.05) is 6.54 Å². The standard InChI is InChI=1S/C17H21N3O4/c1-24-13-6-4-5-12(9-13)14-7-2-3-8-19(14)16(22)11-20-15(21)10-18-17(20)23/h4-6,9,14H,2-3,7-8,10-11H2,1H3,(H,18,23)/t14-/m1/s1. The number of piperidine rings is 1. The molecule has 128 valence electrons. The van der Waals surface area contributed by atoms with Crippen LogP contribution in [0.5, 0.6) is 5.75 Å². The molecule has 0 unspecified atom stereocenters. The minimum Gasteiger partial charge on any atom is -0.497 e. The molecule has 3 rings (SSSR count). The van der Waals surface area contributed by atoms with Crippen LogP contribution in [0.3, 0.4) is 0 Å². The summed E-state index contributed by atoms with van der Waals surface area (Å²) in [6, 6.07) is 7.14. The number of imide groups is 1. The zero-order chi connectivity index (χ0) is 17.1. The molecule has 7 nitrogen and oxygen atoms in total. The van der Waals surface area contributed by atoms with E-state index >= 15 is 0 Å². The SMILES string of the molecule is COc1cccc([C@H]2CCCCN2C(=O)CN2C(=O)CNC2=O)c1.